The maximum atomic E-state index is 11.7. The zero-order chi connectivity index (χ0) is 13.5. The highest BCUT2D eigenvalue weighted by Crippen LogP contribution is 2.14. The molecule has 1 aromatic heterocycles. The van der Waals surface area contributed by atoms with Gasteiger partial charge in [-0.25, -0.2) is 0 Å². The van der Waals surface area contributed by atoms with E-state index in [-0.39, 0.29) is 5.56 Å². The molecule has 0 saturated carbocycles. The third kappa shape index (κ3) is 3.74. The molecule has 0 radical (unpaired) electrons. The van der Waals surface area contributed by atoms with Crippen LogP contribution in [-0.2, 0) is 6.42 Å². The largest absolute Gasteiger partial charge is 0.348 e. The van der Waals surface area contributed by atoms with Crippen molar-refractivity contribution in [3.8, 4) is 0 Å². The molecule has 0 saturated heterocycles. The Kier molecular flexibility index (Phi) is 5.65. The number of hydrogen-bond donors (Lipinski definition) is 2. The number of aryl methyl sites for hydroxylation is 1. The average molecular weight is 269 g/mol. The lowest BCUT2D eigenvalue weighted by Gasteiger charge is -2.06. The van der Waals surface area contributed by atoms with Crippen molar-refractivity contribution in [3.05, 3.63) is 44.9 Å². The molecule has 0 bridgehead atoms. The van der Waals surface area contributed by atoms with Crippen molar-refractivity contribution in [3.63, 3.8) is 0 Å². The zero-order valence-corrected chi connectivity index (χ0v) is 11.3. The van der Waals surface area contributed by atoms with E-state index in [9.17, 15) is 9.59 Å². The molecule has 0 aromatic carbocycles. The highest BCUT2D eigenvalue weighted by atomic mass is 35.5. The van der Waals surface area contributed by atoms with Gasteiger partial charge in [0.15, 0.2) is 0 Å². The first kappa shape index (κ1) is 14.5. The summed E-state index contributed by atoms with van der Waals surface area (Å²) < 4.78 is 0. The number of carbonyl (C=O) groups excluding carboxylic acids is 1. The van der Waals surface area contributed by atoms with E-state index >= 15 is 0 Å². The third-order valence-electron chi connectivity index (χ3n) is 2.43. The fourth-order valence-corrected chi connectivity index (χ4v) is 1.76. The van der Waals surface area contributed by atoms with E-state index in [1.54, 1.807) is 6.08 Å². The van der Waals surface area contributed by atoms with Crippen LogP contribution < -0.4 is 10.9 Å². The van der Waals surface area contributed by atoms with Gasteiger partial charge in [0.1, 0.15) is 5.56 Å². The van der Waals surface area contributed by atoms with Crippen LogP contribution in [0.15, 0.2) is 23.0 Å². The molecule has 0 fully saturated rings. The number of amides is 1. The molecule has 5 heteroatoms. The lowest BCUT2D eigenvalue weighted by molar-refractivity contribution is 0.0956. The van der Waals surface area contributed by atoms with Gasteiger partial charge in [0.25, 0.3) is 11.5 Å². The maximum Gasteiger partial charge on any atom is 0.261 e. The van der Waals surface area contributed by atoms with E-state index in [0.717, 1.165) is 6.42 Å². The SMILES string of the molecule is C/C=C/CNC(=O)c1cc(Cl)c(CCC)[nH]c1=O. The molecule has 0 spiro atoms. The van der Waals surface area contributed by atoms with Crippen LogP contribution in [0.3, 0.4) is 0 Å². The minimum atomic E-state index is -0.417. The summed E-state index contributed by atoms with van der Waals surface area (Å²) in [7, 11) is 0. The smallest absolute Gasteiger partial charge is 0.261 e. The molecule has 0 unspecified atom stereocenters. The van der Waals surface area contributed by atoms with E-state index in [2.05, 4.69) is 10.3 Å². The highest BCUT2D eigenvalue weighted by Gasteiger charge is 2.12. The molecule has 0 aliphatic carbocycles. The summed E-state index contributed by atoms with van der Waals surface area (Å²) in [5.74, 6) is -0.417. The highest BCUT2D eigenvalue weighted by molar-refractivity contribution is 6.31. The second-order valence-electron chi connectivity index (χ2n) is 3.87. The van der Waals surface area contributed by atoms with Crippen LogP contribution >= 0.6 is 11.6 Å². The van der Waals surface area contributed by atoms with Gasteiger partial charge in [-0.3, -0.25) is 9.59 Å². The van der Waals surface area contributed by atoms with Crippen LogP contribution in [0.5, 0.6) is 0 Å². The number of H-pyrrole nitrogens is 1. The van der Waals surface area contributed by atoms with E-state index in [1.165, 1.54) is 6.07 Å². The summed E-state index contributed by atoms with van der Waals surface area (Å²) in [6, 6.07) is 1.43. The lowest BCUT2D eigenvalue weighted by Crippen LogP contribution is -2.30. The Labute approximate surface area is 111 Å². The molecular formula is C13H17ClN2O2. The molecule has 0 aliphatic rings. The molecular weight excluding hydrogens is 252 g/mol. The summed E-state index contributed by atoms with van der Waals surface area (Å²) in [5, 5.41) is 3.04. The van der Waals surface area contributed by atoms with E-state index in [4.69, 9.17) is 11.6 Å². The van der Waals surface area contributed by atoms with Crippen molar-refractivity contribution in [1.82, 2.24) is 10.3 Å². The Morgan fingerprint density at radius 2 is 2.28 bits per heavy atom. The van der Waals surface area contributed by atoms with E-state index < -0.39 is 11.5 Å². The van der Waals surface area contributed by atoms with Crippen LogP contribution in [-0.4, -0.2) is 17.4 Å². The fraction of sp³-hybridized carbons (Fsp3) is 0.385. The van der Waals surface area contributed by atoms with Crippen molar-refractivity contribution in [2.75, 3.05) is 6.54 Å². The molecule has 18 heavy (non-hydrogen) atoms. The van der Waals surface area contributed by atoms with Crippen LogP contribution in [0.4, 0.5) is 0 Å². The van der Waals surface area contributed by atoms with Gasteiger partial charge in [-0.2, -0.15) is 0 Å². The molecule has 1 rings (SSSR count). The summed E-state index contributed by atoms with van der Waals surface area (Å²) in [5.41, 5.74) is 0.319. The molecule has 2 N–H and O–H groups in total. The Morgan fingerprint density at radius 1 is 1.56 bits per heavy atom. The van der Waals surface area contributed by atoms with Crippen LogP contribution in [0.1, 0.15) is 36.3 Å². The average Bonchev–Trinajstić information content (AvgIpc) is 2.34. The van der Waals surface area contributed by atoms with Gasteiger partial charge in [0, 0.05) is 12.2 Å². The van der Waals surface area contributed by atoms with Crippen molar-refractivity contribution in [1.29, 1.82) is 0 Å². The molecule has 0 atom stereocenters. The first-order valence-electron chi connectivity index (χ1n) is 5.91. The molecule has 1 amide bonds. The standard InChI is InChI=1S/C13H17ClN2O2/c1-3-5-7-15-12(17)9-8-10(14)11(6-4-2)16-13(9)18/h3,5,8H,4,6-7H2,1-2H3,(H,15,17)(H,16,18)/b5-3+. The first-order chi connectivity index (χ1) is 8.60. The number of rotatable bonds is 5. The fourth-order valence-electron chi connectivity index (χ4n) is 1.51. The molecule has 4 nitrogen and oxygen atoms in total. The first-order valence-corrected chi connectivity index (χ1v) is 6.29. The number of aromatic nitrogens is 1. The number of nitrogens with one attached hydrogen (secondary N) is 2. The Morgan fingerprint density at radius 3 is 2.89 bits per heavy atom. The molecule has 1 aromatic rings. The second-order valence-corrected chi connectivity index (χ2v) is 4.27. The summed E-state index contributed by atoms with van der Waals surface area (Å²) in [6.45, 7) is 4.24. The number of carbonyl (C=O) groups is 1. The topological polar surface area (TPSA) is 62.0 Å². The number of pyridine rings is 1. The van der Waals surface area contributed by atoms with Crippen molar-refractivity contribution < 1.29 is 4.79 Å². The monoisotopic (exact) mass is 268 g/mol. The quantitative estimate of drug-likeness (QED) is 0.805. The number of halogens is 1. The molecule has 1 heterocycles. The number of hydrogen-bond acceptors (Lipinski definition) is 2. The van der Waals surface area contributed by atoms with Gasteiger partial charge in [-0.1, -0.05) is 37.1 Å². The second kappa shape index (κ2) is 7.01. The summed E-state index contributed by atoms with van der Waals surface area (Å²) in [4.78, 5) is 26.1. The van der Waals surface area contributed by atoms with E-state index in [1.807, 2.05) is 19.9 Å². The normalized spacial score (nSPS) is 10.8. The maximum absolute atomic E-state index is 11.7. The van der Waals surface area contributed by atoms with Gasteiger partial charge >= 0.3 is 0 Å². The molecule has 0 aliphatic heterocycles. The Bertz CT molecular complexity index is 506. The van der Waals surface area contributed by atoms with Gasteiger partial charge in [-0.05, 0) is 19.4 Å². The van der Waals surface area contributed by atoms with Gasteiger partial charge in [0.05, 0.1) is 5.02 Å². The number of allylic oxidation sites excluding steroid dienone is 1. The third-order valence-corrected chi connectivity index (χ3v) is 2.77. The predicted molar refractivity (Wildman–Crippen MR) is 73.2 cm³/mol. The molecule has 98 valence electrons. The summed E-state index contributed by atoms with van der Waals surface area (Å²) >= 11 is 6.02. The van der Waals surface area contributed by atoms with E-state index in [0.29, 0.717) is 23.7 Å². The van der Waals surface area contributed by atoms with Crippen LogP contribution in [0.25, 0.3) is 0 Å². The van der Waals surface area contributed by atoms with Crippen LogP contribution in [0, 0.1) is 0 Å². The minimum Gasteiger partial charge on any atom is -0.348 e. The summed E-state index contributed by atoms with van der Waals surface area (Å²) in [6.07, 6.45) is 5.18. The van der Waals surface area contributed by atoms with Gasteiger partial charge in [0.2, 0.25) is 0 Å². The number of aromatic amines is 1. The predicted octanol–water partition coefficient (Wildman–Crippen LogP) is 2.29. The van der Waals surface area contributed by atoms with Gasteiger partial charge in [-0.15, -0.1) is 0 Å². The van der Waals surface area contributed by atoms with Crippen molar-refractivity contribution in [2.45, 2.75) is 26.7 Å². The lowest BCUT2D eigenvalue weighted by atomic mass is 10.2. The van der Waals surface area contributed by atoms with Gasteiger partial charge < -0.3 is 10.3 Å². The zero-order valence-electron chi connectivity index (χ0n) is 10.5. The Hall–Kier alpha value is -1.55. The minimum absolute atomic E-state index is 0.0457. The Balaban J connectivity index is 2.93. The van der Waals surface area contributed by atoms with Crippen molar-refractivity contribution in [2.24, 2.45) is 0 Å². The van der Waals surface area contributed by atoms with Crippen molar-refractivity contribution >= 4 is 17.5 Å². The van der Waals surface area contributed by atoms with Crippen LogP contribution in [0.2, 0.25) is 5.02 Å².